The summed E-state index contributed by atoms with van der Waals surface area (Å²) in [4.78, 5) is 12.1. The molecule has 0 aliphatic rings. The van der Waals surface area contributed by atoms with E-state index in [1.165, 1.54) is 58.7 Å². The predicted octanol–water partition coefficient (Wildman–Crippen LogP) is 4.80. The van der Waals surface area contributed by atoms with Crippen molar-refractivity contribution in [3.63, 3.8) is 0 Å². The fourth-order valence-corrected chi connectivity index (χ4v) is 3.13. The molecule has 31 heavy (non-hydrogen) atoms. The maximum absolute atomic E-state index is 12.5. The van der Waals surface area contributed by atoms with Gasteiger partial charge in [0.1, 0.15) is 5.75 Å². The standard InChI is InChI=1S/C21H19F3N2O5/c1-12(27)26-19(13-5-7-15(8-6-13)31-21(22,23)24)16(11-25-26)14-9-17(28-2)20(30-4)18(10-14)29-3/h5-11H,1-4H3. The van der Waals surface area contributed by atoms with Crippen LogP contribution in [-0.4, -0.2) is 43.4 Å². The van der Waals surface area contributed by atoms with E-state index in [1.54, 1.807) is 12.1 Å². The van der Waals surface area contributed by atoms with Crippen LogP contribution in [0.2, 0.25) is 0 Å². The molecule has 0 fully saturated rings. The highest BCUT2D eigenvalue weighted by atomic mass is 19.4. The molecule has 0 unspecified atom stereocenters. The molecule has 0 aliphatic heterocycles. The number of hydrogen-bond donors (Lipinski definition) is 0. The minimum atomic E-state index is -4.80. The minimum Gasteiger partial charge on any atom is -0.493 e. The van der Waals surface area contributed by atoms with Crippen LogP contribution in [0, 0.1) is 0 Å². The van der Waals surface area contributed by atoms with Gasteiger partial charge in [0.15, 0.2) is 11.5 Å². The average molecular weight is 436 g/mol. The van der Waals surface area contributed by atoms with Gasteiger partial charge < -0.3 is 18.9 Å². The zero-order valence-electron chi connectivity index (χ0n) is 17.1. The molecule has 0 saturated heterocycles. The molecule has 1 aromatic heterocycles. The second-order valence-corrected chi connectivity index (χ2v) is 6.32. The fourth-order valence-electron chi connectivity index (χ4n) is 3.13. The number of hydrogen-bond acceptors (Lipinski definition) is 6. The molecule has 2 aromatic carbocycles. The number of carbonyl (C=O) groups is 1. The number of nitrogens with zero attached hydrogens (tertiary/aromatic N) is 2. The zero-order chi connectivity index (χ0) is 22.8. The molecule has 10 heteroatoms. The lowest BCUT2D eigenvalue weighted by Crippen LogP contribution is -2.17. The van der Waals surface area contributed by atoms with Gasteiger partial charge in [-0.2, -0.15) is 9.78 Å². The van der Waals surface area contributed by atoms with Crippen LogP contribution in [-0.2, 0) is 0 Å². The first kappa shape index (κ1) is 22.0. The van der Waals surface area contributed by atoms with Crippen molar-refractivity contribution in [1.29, 1.82) is 0 Å². The molecule has 0 bridgehead atoms. The van der Waals surface area contributed by atoms with Crippen LogP contribution in [0.25, 0.3) is 22.4 Å². The monoisotopic (exact) mass is 436 g/mol. The number of benzene rings is 2. The van der Waals surface area contributed by atoms with Crippen LogP contribution in [0.5, 0.6) is 23.0 Å². The summed E-state index contributed by atoms with van der Waals surface area (Å²) in [5.41, 5.74) is 2.00. The van der Waals surface area contributed by atoms with E-state index in [0.29, 0.717) is 39.6 Å². The van der Waals surface area contributed by atoms with E-state index in [1.807, 2.05) is 0 Å². The molecule has 0 amide bonds. The number of carbonyl (C=O) groups excluding carboxylic acids is 1. The fraction of sp³-hybridized carbons (Fsp3) is 0.238. The van der Waals surface area contributed by atoms with Gasteiger partial charge in [0.2, 0.25) is 11.7 Å². The normalized spacial score (nSPS) is 11.2. The molecular weight excluding hydrogens is 417 g/mol. The lowest BCUT2D eigenvalue weighted by molar-refractivity contribution is -0.274. The summed E-state index contributed by atoms with van der Waals surface area (Å²) < 4.78 is 58.6. The highest BCUT2D eigenvalue weighted by Gasteiger charge is 2.31. The van der Waals surface area contributed by atoms with Gasteiger partial charge in [-0.05, 0) is 42.0 Å². The summed E-state index contributed by atoms with van der Waals surface area (Å²) >= 11 is 0. The van der Waals surface area contributed by atoms with Crippen molar-refractivity contribution in [1.82, 2.24) is 9.78 Å². The zero-order valence-corrected chi connectivity index (χ0v) is 17.1. The maximum atomic E-state index is 12.5. The lowest BCUT2D eigenvalue weighted by Gasteiger charge is -2.15. The van der Waals surface area contributed by atoms with E-state index < -0.39 is 6.36 Å². The predicted molar refractivity (Wildman–Crippen MR) is 106 cm³/mol. The molecule has 7 nitrogen and oxygen atoms in total. The first-order chi connectivity index (χ1) is 14.7. The van der Waals surface area contributed by atoms with Crippen LogP contribution < -0.4 is 18.9 Å². The number of rotatable bonds is 6. The third kappa shape index (κ3) is 4.57. The van der Waals surface area contributed by atoms with Crippen molar-refractivity contribution in [2.24, 2.45) is 0 Å². The second-order valence-electron chi connectivity index (χ2n) is 6.32. The first-order valence-electron chi connectivity index (χ1n) is 8.94. The smallest absolute Gasteiger partial charge is 0.493 e. The van der Waals surface area contributed by atoms with Crippen molar-refractivity contribution in [2.75, 3.05) is 21.3 Å². The van der Waals surface area contributed by atoms with Crippen molar-refractivity contribution in [3.05, 3.63) is 42.6 Å². The van der Waals surface area contributed by atoms with Gasteiger partial charge in [-0.25, -0.2) is 0 Å². The first-order valence-corrected chi connectivity index (χ1v) is 8.94. The molecule has 0 radical (unpaired) electrons. The molecule has 0 aliphatic carbocycles. The Kier molecular flexibility index (Phi) is 6.09. The van der Waals surface area contributed by atoms with E-state index in [0.717, 1.165) is 4.68 Å². The number of ether oxygens (including phenoxy) is 4. The minimum absolute atomic E-state index is 0.371. The van der Waals surface area contributed by atoms with Gasteiger partial charge in [0.05, 0.1) is 33.2 Å². The number of alkyl halides is 3. The summed E-state index contributed by atoms with van der Waals surface area (Å²) in [6.07, 6.45) is -3.32. The Bertz CT molecular complexity index is 1070. The van der Waals surface area contributed by atoms with Crippen molar-refractivity contribution >= 4 is 5.91 Å². The van der Waals surface area contributed by atoms with Crippen molar-refractivity contribution in [3.8, 4) is 45.4 Å². The SMILES string of the molecule is COc1cc(-c2cnn(C(C)=O)c2-c2ccc(OC(F)(F)F)cc2)cc(OC)c1OC. The van der Waals surface area contributed by atoms with E-state index in [-0.39, 0.29) is 11.7 Å². The van der Waals surface area contributed by atoms with Crippen LogP contribution in [0.1, 0.15) is 11.7 Å². The molecule has 0 atom stereocenters. The van der Waals surface area contributed by atoms with Crippen LogP contribution in [0.4, 0.5) is 13.2 Å². The molecule has 1 heterocycles. The van der Waals surface area contributed by atoms with Crippen LogP contribution >= 0.6 is 0 Å². The number of aromatic nitrogens is 2. The third-order valence-corrected chi connectivity index (χ3v) is 4.40. The molecule has 164 valence electrons. The van der Waals surface area contributed by atoms with E-state index in [4.69, 9.17) is 14.2 Å². The van der Waals surface area contributed by atoms with Crippen LogP contribution in [0.3, 0.4) is 0 Å². The Morgan fingerprint density at radius 2 is 1.52 bits per heavy atom. The maximum Gasteiger partial charge on any atom is 0.573 e. The molecule has 3 aromatic rings. The molecule has 0 saturated carbocycles. The number of halogens is 3. The summed E-state index contributed by atoms with van der Waals surface area (Å²) in [5, 5.41) is 4.15. The van der Waals surface area contributed by atoms with Gasteiger partial charge in [0.25, 0.3) is 0 Å². The highest BCUT2D eigenvalue weighted by Crippen LogP contribution is 2.43. The Balaban J connectivity index is 2.16. The summed E-state index contributed by atoms with van der Waals surface area (Å²) in [5.74, 6) is 0.436. The Labute approximate surface area is 175 Å². The Hall–Kier alpha value is -3.69. The third-order valence-electron chi connectivity index (χ3n) is 4.40. The van der Waals surface area contributed by atoms with Gasteiger partial charge in [-0.1, -0.05) is 0 Å². The quantitative estimate of drug-likeness (QED) is 0.553. The average Bonchev–Trinajstić information content (AvgIpc) is 3.17. The molecular formula is C21H19F3N2O5. The topological polar surface area (TPSA) is 71.8 Å². The van der Waals surface area contributed by atoms with Crippen molar-refractivity contribution < 1.29 is 36.9 Å². The second kappa shape index (κ2) is 8.58. The molecule has 3 rings (SSSR count). The summed E-state index contributed by atoms with van der Waals surface area (Å²) in [6.45, 7) is 1.33. The summed E-state index contributed by atoms with van der Waals surface area (Å²) in [6, 6.07) is 8.54. The molecule has 0 spiro atoms. The summed E-state index contributed by atoms with van der Waals surface area (Å²) in [7, 11) is 4.42. The van der Waals surface area contributed by atoms with Crippen LogP contribution in [0.15, 0.2) is 42.6 Å². The Morgan fingerprint density at radius 3 is 1.97 bits per heavy atom. The van der Waals surface area contributed by atoms with Gasteiger partial charge >= 0.3 is 6.36 Å². The van der Waals surface area contributed by atoms with E-state index in [9.17, 15) is 18.0 Å². The van der Waals surface area contributed by atoms with Gasteiger partial charge in [-0.15, -0.1) is 13.2 Å². The van der Waals surface area contributed by atoms with Gasteiger partial charge in [-0.3, -0.25) is 4.79 Å². The molecule has 0 N–H and O–H groups in total. The highest BCUT2D eigenvalue weighted by molar-refractivity contribution is 5.90. The largest absolute Gasteiger partial charge is 0.573 e. The lowest BCUT2D eigenvalue weighted by atomic mass is 10.0. The van der Waals surface area contributed by atoms with E-state index in [2.05, 4.69) is 9.84 Å². The van der Waals surface area contributed by atoms with Gasteiger partial charge in [0, 0.05) is 18.1 Å². The number of methoxy groups -OCH3 is 3. The van der Waals surface area contributed by atoms with Crippen molar-refractivity contribution in [2.45, 2.75) is 13.3 Å². The Morgan fingerprint density at radius 1 is 0.935 bits per heavy atom. The van der Waals surface area contributed by atoms with E-state index >= 15 is 0 Å².